The molecule has 2 amide bonds. The van der Waals surface area contributed by atoms with Crippen LogP contribution in [0.15, 0.2) is 36.4 Å². The van der Waals surface area contributed by atoms with Crippen molar-refractivity contribution in [2.45, 2.75) is 51.2 Å². The Morgan fingerprint density at radius 1 is 1.16 bits per heavy atom. The predicted octanol–water partition coefficient (Wildman–Crippen LogP) is 0.284. The van der Waals surface area contributed by atoms with E-state index in [1.807, 2.05) is 57.0 Å². The number of para-hydroxylation sites is 2. The molecule has 1 heterocycles. The molecule has 178 valence electrons. The number of likely N-dealkylation sites (N-methyl/N-ethyl adjacent to an activating group) is 2. The van der Waals surface area contributed by atoms with Crippen LogP contribution in [-0.2, 0) is 14.3 Å². The second kappa shape index (κ2) is 10.4. The summed E-state index contributed by atoms with van der Waals surface area (Å²) in [7, 11) is 4.65. The molecule has 0 aromatic heterocycles. The molecule has 0 saturated carbocycles. The molecule has 1 aromatic rings. The van der Waals surface area contributed by atoms with Gasteiger partial charge in [0.1, 0.15) is 24.4 Å². The summed E-state index contributed by atoms with van der Waals surface area (Å²) in [6.45, 7) is 5.96. The zero-order chi connectivity index (χ0) is 24.2. The van der Waals surface area contributed by atoms with Gasteiger partial charge in [-0.2, -0.15) is 0 Å². The normalized spacial score (nSPS) is 21.0. The first-order valence-electron chi connectivity index (χ1n) is 10.5. The number of fused-ring (bicyclic) bond motifs is 1. The number of rotatable bonds is 7. The Balaban J connectivity index is 2.14. The molecule has 9 nitrogen and oxygen atoms in total. The largest absolute Gasteiger partial charge is 0.387 e. The first kappa shape index (κ1) is 25.8. The molecule has 1 aliphatic rings. The lowest BCUT2D eigenvalue weighted by atomic mass is 9.94. The van der Waals surface area contributed by atoms with Gasteiger partial charge in [0.15, 0.2) is 6.10 Å². The first-order chi connectivity index (χ1) is 14.9. The summed E-state index contributed by atoms with van der Waals surface area (Å²) < 4.78 is 5.12. The summed E-state index contributed by atoms with van der Waals surface area (Å²) in [6.07, 6.45) is -3.20. The van der Waals surface area contributed by atoms with Gasteiger partial charge in [0.2, 0.25) is 0 Å². The monoisotopic (exact) mass is 449 g/mol. The standard InChI is InChI=1S/C23H35N3O6/c1-23(2,3)12-11-17(27)18(28)19(29)20(32-6)21(30)24-14-13-25(4)15-9-7-8-10-16(15)26(5)22(14)31/h7-12,14,17-20,27-29H,13H2,1-6H3,(H,24,30)/b12-11+/t14-,17+,18-,19+,20+/m0/s1. The van der Waals surface area contributed by atoms with Crippen molar-refractivity contribution in [2.24, 2.45) is 5.41 Å². The van der Waals surface area contributed by atoms with Crippen molar-refractivity contribution < 1.29 is 29.6 Å². The van der Waals surface area contributed by atoms with Gasteiger partial charge in [-0.15, -0.1) is 0 Å². The second-order valence-electron chi connectivity index (χ2n) is 9.18. The van der Waals surface area contributed by atoms with Crippen LogP contribution >= 0.6 is 0 Å². The van der Waals surface area contributed by atoms with Gasteiger partial charge in [-0.05, 0) is 17.5 Å². The van der Waals surface area contributed by atoms with Crippen LogP contribution in [-0.4, -0.2) is 85.3 Å². The molecule has 4 N–H and O–H groups in total. The third kappa shape index (κ3) is 6.07. The molecule has 5 atom stereocenters. The molecule has 0 spiro atoms. The Labute approximate surface area is 189 Å². The number of nitrogens with one attached hydrogen (secondary N) is 1. The van der Waals surface area contributed by atoms with E-state index < -0.39 is 36.4 Å². The highest BCUT2D eigenvalue weighted by atomic mass is 16.5. The maximum atomic E-state index is 13.0. The van der Waals surface area contributed by atoms with Gasteiger partial charge in [-0.1, -0.05) is 45.1 Å². The number of amides is 2. The van der Waals surface area contributed by atoms with Crippen LogP contribution in [0.2, 0.25) is 0 Å². The predicted molar refractivity (Wildman–Crippen MR) is 122 cm³/mol. The van der Waals surface area contributed by atoms with Crippen molar-refractivity contribution in [3.8, 4) is 0 Å². The summed E-state index contributed by atoms with van der Waals surface area (Å²) >= 11 is 0. The number of methoxy groups -OCH3 is 1. The smallest absolute Gasteiger partial charge is 0.252 e. The number of hydrogen-bond donors (Lipinski definition) is 4. The number of nitrogens with zero attached hydrogens (tertiary/aromatic N) is 2. The van der Waals surface area contributed by atoms with E-state index in [4.69, 9.17) is 4.74 Å². The zero-order valence-electron chi connectivity index (χ0n) is 19.5. The number of aliphatic hydroxyl groups excluding tert-OH is 3. The van der Waals surface area contributed by atoms with Crippen molar-refractivity contribution >= 4 is 23.2 Å². The first-order valence-corrected chi connectivity index (χ1v) is 10.5. The Bertz CT molecular complexity index is 837. The van der Waals surface area contributed by atoms with E-state index in [0.29, 0.717) is 5.69 Å². The van der Waals surface area contributed by atoms with Crippen LogP contribution < -0.4 is 15.1 Å². The summed E-state index contributed by atoms with van der Waals surface area (Å²) in [5, 5.41) is 33.7. The minimum absolute atomic E-state index is 0.206. The van der Waals surface area contributed by atoms with Crippen molar-refractivity contribution in [1.82, 2.24) is 5.32 Å². The minimum Gasteiger partial charge on any atom is -0.387 e. The van der Waals surface area contributed by atoms with E-state index in [9.17, 15) is 24.9 Å². The highest BCUT2D eigenvalue weighted by Crippen LogP contribution is 2.30. The molecule has 1 aromatic carbocycles. The fourth-order valence-electron chi connectivity index (χ4n) is 3.52. The van der Waals surface area contributed by atoms with Gasteiger partial charge >= 0.3 is 0 Å². The lowest BCUT2D eigenvalue weighted by Gasteiger charge is -2.29. The number of carbonyl (C=O) groups is 2. The Kier molecular flexibility index (Phi) is 8.41. The van der Waals surface area contributed by atoms with Gasteiger partial charge in [0, 0.05) is 27.7 Å². The summed E-state index contributed by atoms with van der Waals surface area (Å²) in [5.74, 6) is -1.09. The topological polar surface area (TPSA) is 123 Å². The fraction of sp³-hybridized carbons (Fsp3) is 0.565. The van der Waals surface area contributed by atoms with E-state index in [2.05, 4.69) is 5.32 Å². The molecular weight excluding hydrogens is 414 g/mol. The number of benzene rings is 1. The fourth-order valence-corrected chi connectivity index (χ4v) is 3.52. The molecule has 0 bridgehead atoms. The Morgan fingerprint density at radius 2 is 1.75 bits per heavy atom. The summed E-state index contributed by atoms with van der Waals surface area (Å²) in [6, 6.07) is 6.49. The van der Waals surface area contributed by atoms with Crippen LogP contribution in [0, 0.1) is 5.41 Å². The molecule has 9 heteroatoms. The molecular formula is C23H35N3O6. The highest BCUT2D eigenvalue weighted by Gasteiger charge is 2.38. The zero-order valence-corrected chi connectivity index (χ0v) is 19.5. The average molecular weight is 450 g/mol. The van der Waals surface area contributed by atoms with Crippen LogP contribution in [0.25, 0.3) is 0 Å². The third-order valence-corrected chi connectivity index (χ3v) is 5.37. The third-order valence-electron chi connectivity index (χ3n) is 5.37. The van der Waals surface area contributed by atoms with E-state index in [-0.39, 0.29) is 17.9 Å². The van der Waals surface area contributed by atoms with E-state index in [1.54, 1.807) is 13.1 Å². The van der Waals surface area contributed by atoms with E-state index in [1.165, 1.54) is 18.1 Å². The van der Waals surface area contributed by atoms with Crippen molar-refractivity contribution in [3.63, 3.8) is 0 Å². The number of hydrogen-bond acceptors (Lipinski definition) is 7. The molecule has 1 aliphatic heterocycles. The van der Waals surface area contributed by atoms with Gasteiger partial charge < -0.3 is 35.2 Å². The molecule has 0 fully saturated rings. The van der Waals surface area contributed by atoms with E-state index >= 15 is 0 Å². The summed E-state index contributed by atoms with van der Waals surface area (Å²) in [5.41, 5.74) is 1.32. The average Bonchev–Trinajstić information content (AvgIpc) is 2.82. The van der Waals surface area contributed by atoms with Crippen LogP contribution in [0.3, 0.4) is 0 Å². The maximum Gasteiger partial charge on any atom is 0.252 e. The van der Waals surface area contributed by atoms with Gasteiger partial charge in [-0.25, -0.2) is 0 Å². The van der Waals surface area contributed by atoms with Crippen LogP contribution in [0.1, 0.15) is 20.8 Å². The number of allylic oxidation sites excluding steroid dienone is 1. The Morgan fingerprint density at radius 3 is 2.31 bits per heavy atom. The van der Waals surface area contributed by atoms with Crippen LogP contribution in [0.4, 0.5) is 11.4 Å². The second-order valence-corrected chi connectivity index (χ2v) is 9.18. The van der Waals surface area contributed by atoms with Crippen LogP contribution in [0.5, 0.6) is 0 Å². The van der Waals surface area contributed by atoms with Gasteiger partial charge in [-0.3, -0.25) is 9.59 Å². The number of aliphatic hydroxyl groups is 3. The van der Waals surface area contributed by atoms with Gasteiger partial charge in [0.05, 0.1) is 11.4 Å². The minimum atomic E-state index is -1.71. The maximum absolute atomic E-state index is 13.0. The molecule has 0 unspecified atom stereocenters. The molecule has 2 rings (SSSR count). The lowest BCUT2D eigenvalue weighted by molar-refractivity contribution is -0.150. The SMILES string of the molecule is CO[C@@H](C(=O)N[C@H]1CN(C)c2ccccc2N(C)C1=O)[C@H](O)[C@@H](O)[C@H](O)/C=C/C(C)(C)C. The Hall–Kier alpha value is -2.46. The number of ether oxygens (including phenoxy) is 1. The molecule has 32 heavy (non-hydrogen) atoms. The highest BCUT2D eigenvalue weighted by molar-refractivity contribution is 6.03. The van der Waals surface area contributed by atoms with Crippen molar-refractivity contribution in [2.75, 3.05) is 37.5 Å². The molecule has 0 saturated heterocycles. The molecule has 0 aliphatic carbocycles. The van der Waals surface area contributed by atoms with Crippen molar-refractivity contribution in [1.29, 1.82) is 0 Å². The summed E-state index contributed by atoms with van der Waals surface area (Å²) in [4.78, 5) is 29.2. The van der Waals surface area contributed by atoms with Gasteiger partial charge in [0.25, 0.3) is 11.8 Å². The molecule has 0 radical (unpaired) electrons. The van der Waals surface area contributed by atoms with Crippen molar-refractivity contribution in [3.05, 3.63) is 36.4 Å². The quantitative estimate of drug-likeness (QED) is 0.441. The van der Waals surface area contributed by atoms with E-state index in [0.717, 1.165) is 5.69 Å². The number of carbonyl (C=O) groups excluding carboxylic acids is 2. The number of anilines is 2. The lowest BCUT2D eigenvalue weighted by Crippen LogP contribution is -2.57.